The molecule has 2 heterocycles. The van der Waals surface area contributed by atoms with Crippen LogP contribution in [0, 0.1) is 6.92 Å². The molecule has 1 atom stereocenters. The molecule has 3 rings (SSSR count). The fourth-order valence-corrected chi connectivity index (χ4v) is 2.75. The van der Waals surface area contributed by atoms with Crippen LogP contribution in [0.1, 0.15) is 18.5 Å². The van der Waals surface area contributed by atoms with Crippen molar-refractivity contribution in [3.8, 4) is 0 Å². The summed E-state index contributed by atoms with van der Waals surface area (Å²) >= 11 is 0. The van der Waals surface area contributed by atoms with Gasteiger partial charge in [-0.05, 0) is 31.5 Å². The Kier molecular flexibility index (Phi) is 4.03. The van der Waals surface area contributed by atoms with Crippen LogP contribution in [0.5, 0.6) is 0 Å². The lowest BCUT2D eigenvalue weighted by Gasteiger charge is -2.15. The minimum Gasteiger partial charge on any atom is -0.324 e. The maximum absolute atomic E-state index is 12.6. The van der Waals surface area contributed by atoms with Crippen LogP contribution in [0.3, 0.4) is 0 Å². The molecule has 8 nitrogen and oxygen atoms in total. The molecule has 0 bridgehead atoms. The topological polar surface area (TPSA) is 90.9 Å². The van der Waals surface area contributed by atoms with Gasteiger partial charge in [0.05, 0.1) is 6.33 Å². The Labute approximate surface area is 143 Å². The number of hydrogen-bond donors (Lipinski definition) is 1. The zero-order valence-electron chi connectivity index (χ0n) is 14.5. The molecule has 1 unspecified atom stereocenters. The second kappa shape index (κ2) is 6.04. The van der Waals surface area contributed by atoms with Crippen LogP contribution in [0.25, 0.3) is 11.2 Å². The highest BCUT2D eigenvalue weighted by molar-refractivity contribution is 5.94. The molecule has 0 spiro atoms. The fraction of sp³-hybridized carbons (Fsp3) is 0.294. The lowest BCUT2D eigenvalue weighted by Crippen LogP contribution is -2.38. The van der Waals surface area contributed by atoms with Crippen LogP contribution in [-0.2, 0) is 18.9 Å². The van der Waals surface area contributed by atoms with E-state index in [2.05, 4.69) is 10.3 Å². The quantitative estimate of drug-likeness (QED) is 0.768. The van der Waals surface area contributed by atoms with Crippen molar-refractivity contribution in [2.75, 3.05) is 5.32 Å². The van der Waals surface area contributed by atoms with Gasteiger partial charge in [-0.2, -0.15) is 0 Å². The van der Waals surface area contributed by atoms with Gasteiger partial charge in [0.2, 0.25) is 5.91 Å². The first-order chi connectivity index (χ1) is 11.8. The zero-order chi connectivity index (χ0) is 18.3. The van der Waals surface area contributed by atoms with Crippen molar-refractivity contribution in [2.45, 2.75) is 19.9 Å². The molecule has 8 heteroatoms. The normalized spacial score (nSPS) is 12.3. The number of aryl methyl sites for hydroxylation is 2. The highest BCUT2D eigenvalue weighted by Gasteiger charge is 2.21. The van der Waals surface area contributed by atoms with Crippen molar-refractivity contribution in [1.29, 1.82) is 0 Å². The Morgan fingerprint density at radius 1 is 1.20 bits per heavy atom. The van der Waals surface area contributed by atoms with Gasteiger partial charge < -0.3 is 9.88 Å². The Balaban J connectivity index is 2.03. The summed E-state index contributed by atoms with van der Waals surface area (Å²) in [6.45, 7) is 3.61. The molecular weight excluding hydrogens is 322 g/mol. The van der Waals surface area contributed by atoms with Crippen LogP contribution >= 0.6 is 0 Å². The van der Waals surface area contributed by atoms with Crippen molar-refractivity contribution in [2.24, 2.45) is 14.1 Å². The molecule has 2 aromatic heterocycles. The van der Waals surface area contributed by atoms with Gasteiger partial charge in [0.1, 0.15) is 6.04 Å². The lowest BCUT2D eigenvalue weighted by molar-refractivity contribution is -0.118. The van der Waals surface area contributed by atoms with Crippen LogP contribution in [0.4, 0.5) is 5.69 Å². The summed E-state index contributed by atoms with van der Waals surface area (Å²) < 4.78 is 3.78. The summed E-state index contributed by atoms with van der Waals surface area (Å²) in [6.07, 6.45) is 1.41. The summed E-state index contributed by atoms with van der Waals surface area (Å²) in [6, 6.07) is 6.78. The molecule has 0 aliphatic heterocycles. The number of carbonyl (C=O) groups excluding carboxylic acids is 1. The molecule has 1 N–H and O–H groups in total. The summed E-state index contributed by atoms with van der Waals surface area (Å²) in [5, 5.41) is 2.83. The number of benzene rings is 1. The van der Waals surface area contributed by atoms with E-state index in [-0.39, 0.29) is 17.1 Å². The van der Waals surface area contributed by atoms with Crippen molar-refractivity contribution in [1.82, 2.24) is 18.7 Å². The first-order valence-electron chi connectivity index (χ1n) is 7.81. The third-order valence-electron chi connectivity index (χ3n) is 4.26. The molecule has 0 radical (unpaired) electrons. The summed E-state index contributed by atoms with van der Waals surface area (Å²) in [5.74, 6) is -0.277. The van der Waals surface area contributed by atoms with E-state index in [1.54, 1.807) is 20.0 Å². The van der Waals surface area contributed by atoms with E-state index in [0.717, 1.165) is 10.1 Å². The third kappa shape index (κ3) is 2.75. The number of carbonyl (C=O) groups is 1. The number of amides is 1. The van der Waals surface area contributed by atoms with E-state index in [1.807, 2.05) is 25.1 Å². The minimum absolute atomic E-state index is 0.219. The van der Waals surface area contributed by atoms with Crippen molar-refractivity contribution in [3.63, 3.8) is 0 Å². The summed E-state index contributed by atoms with van der Waals surface area (Å²) in [5.41, 5.74) is 1.24. The van der Waals surface area contributed by atoms with Gasteiger partial charge >= 0.3 is 5.69 Å². The van der Waals surface area contributed by atoms with E-state index in [9.17, 15) is 14.4 Å². The smallest absolute Gasteiger partial charge is 0.324 e. The minimum atomic E-state index is -0.671. The first kappa shape index (κ1) is 16.7. The number of anilines is 1. The maximum Gasteiger partial charge on any atom is 0.332 e. The van der Waals surface area contributed by atoms with Crippen LogP contribution in [0.15, 0.2) is 40.2 Å². The number of nitrogens with zero attached hydrogens (tertiary/aromatic N) is 4. The molecule has 130 valence electrons. The second-order valence-electron chi connectivity index (χ2n) is 6.06. The van der Waals surface area contributed by atoms with Gasteiger partial charge in [-0.1, -0.05) is 12.1 Å². The van der Waals surface area contributed by atoms with Gasteiger partial charge in [-0.25, -0.2) is 9.78 Å². The first-order valence-corrected chi connectivity index (χ1v) is 7.81. The molecular formula is C17H19N5O3. The van der Waals surface area contributed by atoms with E-state index in [4.69, 9.17) is 0 Å². The molecule has 0 saturated carbocycles. The number of rotatable bonds is 3. The van der Waals surface area contributed by atoms with E-state index >= 15 is 0 Å². The van der Waals surface area contributed by atoms with E-state index in [0.29, 0.717) is 5.69 Å². The van der Waals surface area contributed by atoms with Gasteiger partial charge in [0.15, 0.2) is 11.2 Å². The molecule has 25 heavy (non-hydrogen) atoms. The molecule has 0 fully saturated rings. The molecule has 0 saturated heterocycles. The highest BCUT2D eigenvalue weighted by Crippen LogP contribution is 2.16. The van der Waals surface area contributed by atoms with Gasteiger partial charge in [0, 0.05) is 19.8 Å². The SMILES string of the molecule is Cc1cccc(NC(=O)C(C)n2cnc3c2c(=O)n(C)c(=O)n3C)c1. The average molecular weight is 341 g/mol. The fourth-order valence-electron chi connectivity index (χ4n) is 2.75. The van der Waals surface area contributed by atoms with Gasteiger partial charge in [-0.15, -0.1) is 0 Å². The Morgan fingerprint density at radius 2 is 1.92 bits per heavy atom. The largest absolute Gasteiger partial charge is 0.332 e. The van der Waals surface area contributed by atoms with E-state index in [1.165, 1.54) is 22.5 Å². The lowest BCUT2D eigenvalue weighted by atomic mass is 10.2. The number of hydrogen-bond acceptors (Lipinski definition) is 4. The summed E-state index contributed by atoms with van der Waals surface area (Å²) in [7, 11) is 2.94. The van der Waals surface area contributed by atoms with Crippen LogP contribution in [-0.4, -0.2) is 24.6 Å². The second-order valence-corrected chi connectivity index (χ2v) is 6.06. The molecule has 3 aromatic rings. The van der Waals surface area contributed by atoms with E-state index < -0.39 is 17.3 Å². The third-order valence-corrected chi connectivity index (χ3v) is 4.26. The number of nitrogens with one attached hydrogen (secondary N) is 1. The standard InChI is InChI=1S/C17H19N5O3/c1-10-6-5-7-12(8-10)19-15(23)11(2)22-9-18-14-13(22)16(24)21(4)17(25)20(14)3/h5-9,11H,1-4H3,(H,19,23). The van der Waals surface area contributed by atoms with Gasteiger partial charge in [0.25, 0.3) is 5.56 Å². The molecule has 0 aliphatic rings. The van der Waals surface area contributed by atoms with Crippen LogP contribution in [0.2, 0.25) is 0 Å². The molecule has 1 amide bonds. The predicted octanol–water partition coefficient (Wildman–Crippen LogP) is 0.942. The Hall–Kier alpha value is -3.16. The zero-order valence-corrected chi connectivity index (χ0v) is 14.5. The number of aromatic nitrogens is 4. The van der Waals surface area contributed by atoms with Crippen LogP contribution < -0.4 is 16.6 Å². The molecule has 1 aromatic carbocycles. The Morgan fingerprint density at radius 3 is 2.60 bits per heavy atom. The van der Waals surface area contributed by atoms with Crippen molar-refractivity contribution >= 4 is 22.8 Å². The maximum atomic E-state index is 12.6. The van der Waals surface area contributed by atoms with Gasteiger partial charge in [-0.3, -0.25) is 18.7 Å². The summed E-state index contributed by atoms with van der Waals surface area (Å²) in [4.78, 5) is 41.2. The van der Waals surface area contributed by atoms with Crippen molar-refractivity contribution in [3.05, 3.63) is 57.0 Å². The average Bonchev–Trinajstić information content (AvgIpc) is 3.02. The van der Waals surface area contributed by atoms with Crippen molar-refractivity contribution < 1.29 is 4.79 Å². The molecule has 0 aliphatic carbocycles. The number of imidazole rings is 1. The Bertz CT molecular complexity index is 1090. The monoisotopic (exact) mass is 341 g/mol. The predicted molar refractivity (Wildman–Crippen MR) is 94.7 cm³/mol. The highest BCUT2D eigenvalue weighted by atomic mass is 16.2. The number of fused-ring (bicyclic) bond motifs is 1.